The van der Waals surface area contributed by atoms with Gasteiger partial charge in [0.2, 0.25) is 11.8 Å². The molecule has 1 aromatic heterocycles. The van der Waals surface area contributed by atoms with Crippen molar-refractivity contribution in [2.45, 2.75) is 32.1 Å². The Kier molecular flexibility index (Phi) is 5.62. The van der Waals surface area contributed by atoms with Crippen molar-refractivity contribution >= 4 is 34.2 Å². The van der Waals surface area contributed by atoms with Crippen LogP contribution >= 0.6 is 11.3 Å². The van der Waals surface area contributed by atoms with Crippen molar-refractivity contribution in [2.75, 3.05) is 31.5 Å². The van der Waals surface area contributed by atoms with E-state index in [1.165, 1.54) is 11.3 Å². The van der Waals surface area contributed by atoms with Crippen molar-refractivity contribution in [3.8, 4) is 0 Å². The Morgan fingerprint density at radius 2 is 1.76 bits per heavy atom. The number of nitrogens with one attached hydrogen (secondary N) is 1. The second kappa shape index (κ2) is 8.32. The van der Waals surface area contributed by atoms with Crippen LogP contribution in [0.2, 0.25) is 0 Å². The molecule has 0 radical (unpaired) electrons. The van der Waals surface area contributed by atoms with Crippen LogP contribution in [0.4, 0.5) is 5.13 Å². The van der Waals surface area contributed by atoms with Gasteiger partial charge in [0.05, 0.1) is 11.6 Å². The maximum atomic E-state index is 13.1. The minimum atomic E-state index is -0.263. The SMILES string of the molecule is CC(=O)N1CCN(C(=O)C2CCCc3sc(NC(=O)c4ccccc4)nc32)CC1. The van der Waals surface area contributed by atoms with E-state index in [0.717, 1.165) is 29.8 Å². The van der Waals surface area contributed by atoms with Gasteiger partial charge >= 0.3 is 0 Å². The standard InChI is InChI=1S/C21H24N4O3S/c1-14(26)24-10-12-25(13-11-24)20(28)16-8-5-9-17-18(16)22-21(29-17)23-19(27)15-6-3-2-4-7-15/h2-4,6-7,16H,5,8-13H2,1H3,(H,22,23,27). The van der Waals surface area contributed by atoms with Crippen LogP contribution in [-0.4, -0.2) is 58.7 Å². The summed E-state index contributed by atoms with van der Waals surface area (Å²) in [5.41, 5.74) is 1.39. The van der Waals surface area contributed by atoms with Crippen molar-refractivity contribution in [1.82, 2.24) is 14.8 Å². The average molecular weight is 413 g/mol. The predicted molar refractivity (Wildman–Crippen MR) is 111 cm³/mol. The number of benzene rings is 1. The summed E-state index contributed by atoms with van der Waals surface area (Å²) in [4.78, 5) is 46.4. The zero-order valence-electron chi connectivity index (χ0n) is 16.4. The molecule has 1 aliphatic carbocycles. The molecule has 4 rings (SSSR count). The number of hydrogen-bond donors (Lipinski definition) is 1. The lowest BCUT2D eigenvalue weighted by molar-refractivity contribution is -0.139. The number of nitrogens with zero attached hydrogens (tertiary/aromatic N) is 3. The summed E-state index contributed by atoms with van der Waals surface area (Å²) in [5.74, 6) is -0.322. The zero-order chi connectivity index (χ0) is 20.4. The molecule has 0 saturated carbocycles. The normalized spacial score (nSPS) is 18.9. The van der Waals surface area contributed by atoms with Crippen LogP contribution in [0.5, 0.6) is 0 Å². The van der Waals surface area contributed by atoms with Crippen LogP contribution in [0.1, 0.15) is 46.6 Å². The Morgan fingerprint density at radius 1 is 1.07 bits per heavy atom. The van der Waals surface area contributed by atoms with Gasteiger partial charge < -0.3 is 9.80 Å². The maximum Gasteiger partial charge on any atom is 0.257 e. The molecule has 1 saturated heterocycles. The number of carbonyl (C=O) groups is 3. The third-order valence-electron chi connectivity index (χ3n) is 5.55. The Labute approximate surface area is 173 Å². The first-order valence-electron chi connectivity index (χ1n) is 9.93. The first-order valence-corrected chi connectivity index (χ1v) is 10.7. The van der Waals surface area contributed by atoms with Gasteiger partial charge in [-0.25, -0.2) is 4.98 Å². The molecule has 2 heterocycles. The van der Waals surface area contributed by atoms with E-state index in [2.05, 4.69) is 10.3 Å². The lowest BCUT2D eigenvalue weighted by atomic mass is 9.89. The maximum absolute atomic E-state index is 13.1. The molecule has 1 aromatic carbocycles. The van der Waals surface area contributed by atoms with Crippen LogP contribution in [0.15, 0.2) is 30.3 Å². The Bertz CT molecular complexity index is 919. The second-order valence-electron chi connectivity index (χ2n) is 7.42. The Morgan fingerprint density at radius 3 is 2.45 bits per heavy atom. The van der Waals surface area contributed by atoms with Crippen molar-refractivity contribution < 1.29 is 14.4 Å². The molecule has 1 unspecified atom stereocenters. The number of carbonyl (C=O) groups excluding carboxylic acids is 3. The zero-order valence-corrected chi connectivity index (χ0v) is 17.2. The fraction of sp³-hybridized carbons (Fsp3) is 0.429. The number of amides is 3. The minimum Gasteiger partial charge on any atom is -0.339 e. The second-order valence-corrected chi connectivity index (χ2v) is 8.51. The molecule has 0 spiro atoms. The third-order valence-corrected chi connectivity index (χ3v) is 6.59. The molecule has 7 nitrogen and oxygen atoms in total. The van der Waals surface area contributed by atoms with Gasteiger partial charge in [-0.3, -0.25) is 19.7 Å². The van der Waals surface area contributed by atoms with Crippen LogP contribution < -0.4 is 5.32 Å². The molecule has 1 atom stereocenters. The highest BCUT2D eigenvalue weighted by atomic mass is 32.1. The van der Waals surface area contributed by atoms with E-state index in [9.17, 15) is 14.4 Å². The highest BCUT2D eigenvalue weighted by Gasteiger charge is 2.34. The van der Waals surface area contributed by atoms with Gasteiger partial charge in [0.1, 0.15) is 0 Å². The molecular formula is C21H24N4O3S. The van der Waals surface area contributed by atoms with Crippen molar-refractivity contribution in [3.05, 3.63) is 46.5 Å². The number of rotatable bonds is 3. The number of fused-ring (bicyclic) bond motifs is 1. The topological polar surface area (TPSA) is 82.6 Å². The molecule has 1 aliphatic heterocycles. The van der Waals surface area contributed by atoms with Gasteiger partial charge in [0, 0.05) is 43.5 Å². The molecular weight excluding hydrogens is 388 g/mol. The van der Waals surface area contributed by atoms with Crippen molar-refractivity contribution in [1.29, 1.82) is 0 Å². The van der Waals surface area contributed by atoms with Gasteiger partial charge in [-0.15, -0.1) is 11.3 Å². The monoisotopic (exact) mass is 412 g/mol. The highest BCUT2D eigenvalue weighted by molar-refractivity contribution is 7.16. The fourth-order valence-corrected chi connectivity index (χ4v) is 4.99. The molecule has 29 heavy (non-hydrogen) atoms. The molecule has 3 amide bonds. The Balaban J connectivity index is 1.46. The van der Waals surface area contributed by atoms with E-state index in [-0.39, 0.29) is 23.6 Å². The van der Waals surface area contributed by atoms with Gasteiger partial charge in [-0.05, 0) is 31.4 Å². The first-order chi connectivity index (χ1) is 14.0. The number of hydrogen-bond acceptors (Lipinski definition) is 5. The summed E-state index contributed by atoms with van der Waals surface area (Å²) in [6.45, 7) is 3.84. The highest BCUT2D eigenvalue weighted by Crippen LogP contribution is 2.38. The number of thiazole rings is 1. The summed E-state index contributed by atoms with van der Waals surface area (Å²) in [6.07, 6.45) is 2.59. The van der Waals surface area contributed by atoms with Crippen LogP contribution in [0.25, 0.3) is 0 Å². The van der Waals surface area contributed by atoms with Crippen LogP contribution in [-0.2, 0) is 16.0 Å². The van der Waals surface area contributed by atoms with E-state index in [1.807, 2.05) is 23.1 Å². The van der Waals surface area contributed by atoms with Crippen LogP contribution in [0, 0.1) is 0 Å². The lowest BCUT2D eigenvalue weighted by Crippen LogP contribution is -2.51. The van der Waals surface area contributed by atoms with E-state index in [0.29, 0.717) is 36.9 Å². The molecule has 1 fully saturated rings. The molecule has 2 aliphatic rings. The summed E-state index contributed by atoms with van der Waals surface area (Å²) in [7, 11) is 0. The largest absolute Gasteiger partial charge is 0.339 e. The van der Waals surface area contributed by atoms with Gasteiger partial charge in [-0.2, -0.15) is 0 Å². The van der Waals surface area contributed by atoms with Crippen LogP contribution in [0.3, 0.4) is 0 Å². The Hall–Kier alpha value is -2.74. The van der Waals surface area contributed by atoms with Gasteiger partial charge in [0.25, 0.3) is 5.91 Å². The summed E-state index contributed by atoms with van der Waals surface area (Å²) in [6, 6.07) is 9.03. The molecule has 2 aromatic rings. The van der Waals surface area contributed by atoms with E-state index in [4.69, 9.17) is 0 Å². The van der Waals surface area contributed by atoms with E-state index >= 15 is 0 Å². The van der Waals surface area contributed by atoms with Gasteiger partial charge in [-0.1, -0.05) is 18.2 Å². The first kappa shape index (κ1) is 19.6. The molecule has 152 valence electrons. The summed E-state index contributed by atoms with van der Waals surface area (Å²) < 4.78 is 0. The number of anilines is 1. The minimum absolute atomic E-state index is 0.0513. The number of aromatic nitrogens is 1. The molecule has 1 N–H and O–H groups in total. The fourth-order valence-electron chi connectivity index (χ4n) is 3.93. The van der Waals surface area contributed by atoms with E-state index in [1.54, 1.807) is 24.0 Å². The van der Waals surface area contributed by atoms with E-state index < -0.39 is 0 Å². The molecule has 8 heteroatoms. The third kappa shape index (κ3) is 4.17. The quantitative estimate of drug-likeness (QED) is 0.840. The summed E-state index contributed by atoms with van der Waals surface area (Å²) >= 11 is 1.46. The summed E-state index contributed by atoms with van der Waals surface area (Å²) in [5, 5.41) is 3.42. The molecule has 0 bridgehead atoms. The van der Waals surface area contributed by atoms with Crippen molar-refractivity contribution in [3.63, 3.8) is 0 Å². The smallest absolute Gasteiger partial charge is 0.257 e. The van der Waals surface area contributed by atoms with Crippen molar-refractivity contribution in [2.24, 2.45) is 0 Å². The lowest BCUT2D eigenvalue weighted by Gasteiger charge is -2.36. The van der Waals surface area contributed by atoms with Gasteiger partial charge in [0.15, 0.2) is 5.13 Å². The predicted octanol–water partition coefficient (Wildman–Crippen LogP) is 2.51. The number of aryl methyl sites for hydroxylation is 1. The number of piperazine rings is 1. The average Bonchev–Trinajstić information content (AvgIpc) is 3.16.